The summed E-state index contributed by atoms with van der Waals surface area (Å²) < 4.78 is 0. The first-order valence-electron chi connectivity index (χ1n) is 4.70. The lowest BCUT2D eigenvalue weighted by Gasteiger charge is -2.08. The summed E-state index contributed by atoms with van der Waals surface area (Å²) in [7, 11) is 0. The number of hydrogen-bond donors (Lipinski definition) is 1. The van der Waals surface area contributed by atoms with E-state index < -0.39 is 0 Å². The van der Waals surface area contributed by atoms with Crippen molar-refractivity contribution in [2.45, 2.75) is 13.3 Å². The zero-order chi connectivity index (χ0) is 10.4. The molecule has 0 heterocycles. The van der Waals surface area contributed by atoms with Crippen LogP contribution < -0.4 is 5.32 Å². The van der Waals surface area contributed by atoms with Gasteiger partial charge in [0.1, 0.15) is 0 Å². The number of carbonyl (C=O) groups is 1. The number of carbonyl (C=O) groups excluding carboxylic acids is 1. The molecular weight excluding hydrogens is 174 g/mol. The molecule has 1 aromatic rings. The number of hydrogen-bond acceptors (Lipinski definition) is 2. The average Bonchev–Trinajstić information content (AvgIpc) is 2.19. The van der Waals surface area contributed by atoms with Gasteiger partial charge in [-0.05, 0) is 25.5 Å². The molecule has 0 aliphatic rings. The van der Waals surface area contributed by atoms with Gasteiger partial charge in [-0.15, -0.1) is 6.58 Å². The van der Waals surface area contributed by atoms with Gasteiger partial charge in [0, 0.05) is 17.8 Å². The quantitative estimate of drug-likeness (QED) is 0.438. The first-order chi connectivity index (χ1) is 6.75. The second-order valence-corrected chi connectivity index (χ2v) is 3.11. The highest BCUT2D eigenvalue weighted by atomic mass is 16.1. The van der Waals surface area contributed by atoms with E-state index in [1.807, 2.05) is 30.3 Å². The number of anilines is 1. The van der Waals surface area contributed by atoms with Crippen molar-refractivity contribution >= 4 is 11.5 Å². The number of nitrogens with one attached hydrogen (secondary N) is 1. The summed E-state index contributed by atoms with van der Waals surface area (Å²) in [6.45, 7) is 6.03. The van der Waals surface area contributed by atoms with Gasteiger partial charge in [-0.3, -0.25) is 4.79 Å². The number of para-hydroxylation sites is 1. The first kappa shape index (κ1) is 10.5. The predicted molar refractivity (Wildman–Crippen MR) is 59.8 cm³/mol. The summed E-state index contributed by atoms with van der Waals surface area (Å²) in [6.07, 6.45) is 2.75. The Morgan fingerprint density at radius 3 is 2.86 bits per heavy atom. The van der Waals surface area contributed by atoms with Crippen LogP contribution in [0.2, 0.25) is 0 Å². The molecule has 0 fully saturated rings. The van der Waals surface area contributed by atoms with E-state index in [1.54, 1.807) is 6.92 Å². The number of Topliss-reactive ketones (excluding diaryl/α,β-unsaturated/α-hetero) is 1. The molecule has 0 saturated carbocycles. The predicted octanol–water partition coefficient (Wildman–Crippen LogP) is 2.88. The molecule has 0 radical (unpaired) electrons. The first-order valence-corrected chi connectivity index (χ1v) is 4.70. The van der Waals surface area contributed by atoms with Crippen LogP contribution in [-0.2, 0) is 0 Å². The molecule has 0 aliphatic carbocycles. The molecule has 2 nitrogen and oxygen atoms in total. The van der Waals surface area contributed by atoms with Gasteiger partial charge in [-0.1, -0.05) is 18.2 Å². The van der Waals surface area contributed by atoms with Crippen molar-refractivity contribution in [3.63, 3.8) is 0 Å². The average molecular weight is 189 g/mol. The van der Waals surface area contributed by atoms with E-state index in [9.17, 15) is 4.79 Å². The van der Waals surface area contributed by atoms with E-state index in [0.717, 1.165) is 24.2 Å². The second kappa shape index (κ2) is 5.22. The Bertz CT molecular complexity index is 331. The van der Waals surface area contributed by atoms with Crippen molar-refractivity contribution in [3.8, 4) is 0 Å². The number of rotatable bonds is 5. The smallest absolute Gasteiger partial charge is 0.161 e. The molecule has 0 bridgehead atoms. The van der Waals surface area contributed by atoms with E-state index in [1.165, 1.54) is 0 Å². The van der Waals surface area contributed by atoms with E-state index in [-0.39, 0.29) is 5.78 Å². The molecule has 0 saturated heterocycles. The lowest BCUT2D eigenvalue weighted by Crippen LogP contribution is -2.05. The van der Waals surface area contributed by atoms with E-state index in [2.05, 4.69) is 11.9 Å². The third kappa shape index (κ3) is 2.73. The standard InChI is InChI=1S/C12H15NO/c1-3-4-9-13-12-8-6-5-7-11(12)10(2)14/h3,5-8,13H,1,4,9H2,2H3. The van der Waals surface area contributed by atoms with Crippen molar-refractivity contribution in [1.82, 2.24) is 0 Å². The fourth-order valence-electron chi connectivity index (χ4n) is 1.25. The van der Waals surface area contributed by atoms with Gasteiger partial charge in [-0.25, -0.2) is 0 Å². The number of benzene rings is 1. The molecule has 2 heteroatoms. The summed E-state index contributed by atoms with van der Waals surface area (Å²) in [6, 6.07) is 7.54. The molecule has 0 amide bonds. The van der Waals surface area contributed by atoms with Crippen molar-refractivity contribution in [2.75, 3.05) is 11.9 Å². The Morgan fingerprint density at radius 1 is 1.50 bits per heavy atom. The molecule has 0 aromatic heterocycles. The highest BCUT2D eigenvalue weighted by Gasteiger charge is 2.04. The lowest BCUT2D eigenvalue weighted by atomic mass is 10.1. The van der Waals surface area contributed by atoms with Crippen LogP contribution in [0.25, 0.3) is 0 Å². The third-order valence-corrected chi connectivity index (χ3v) is 1.97. The van der Waals surface area contributed by atoms with Crippen molar-refractivity contribution in [1.29, 1.82) is 0 Å². The zero-order valence-corrected chi connectivity index (χ0v) is 8.42. The van der Waals surface area contributed by atoms with Gasteiger partial charge in [0.15, 0.2) is 5.78 Å². The maximum atomic E-state index is 11.2. The van der Waals surface area contributed by atoms with Crippen LogP contribution in [0.3, 0.4) is 0 Å². The molecule has 0 aliphatic heterocycles. The number of ketones is 1. The summed E-state index contributed by atoms with van der Waals surface area (Å²) in [5.41, 5.74) is 1.65. The van der Waals surface area contributed by atoms with Crippen LogP contribution in [0.5, 0.6) is 0 Å². The van der Waals surface area contributed by atoms with Gasteiger partial charge in [0.25, 0.3) is 0 Å². The molecule has 0 atom stereocenters. The molecule has 0 unspecified atom stereocenters. The van der Waals surface area contributed by atoms with Gasteiger partial charge >= 0.3 is 0 Å². The van der Waals surface area contributed by atoms with E-state index >= 15 is 0 Å². The van der Waals surface area contributed by atoms with Crippen molar-refractivity contribution in [2.24, 2.45) is 0 Å². The molecule has 0 spiro atoms. The van der Waals surface area contributed by atoms with Gasteiger partial charge in [0.2, 0.25) is 0 Å². The SMILES string of the molecule is C=CCCNc1ccccc1C(C)=O. The Kier molecular flexibility index (Phi) is 3.92. The van der Waals surface area contributed by atoms with Crippen LogP contribution >= 0.6 is 0 Å². The Balaban J connectivity index is 2.74. The van der Waals surface area contributed by atoms with Crippen LogP contribution in [-0.4, -0.2) is 12.3 Å². The van der Waals surface area contributed by atoms with Gasteiger partial charge < -0.3 is 5.32 Å². The normalized spacial score (nSPS) is 9.50. The highest BCUT2D eigenvalue weighted by molar-refractivity contribution is 5.99. The molecule has 1 rings (SSSR count). The fourth-order valence-corrected chi connectivity index (χ4v) is 1.25. The van der Waals surface area contributed by atoms with Gasteiger partial charge in [0.05, 0.1) is 0 Å². The van der Waals surface area contributed by atoms with Gasteiger partial charge in [-0.2, -0.15) is 0 Å². The maximum absolute atomic E-state index is 11.2. The Hall–Kier alpha value is -1.57. The molecule has 14 heavy (non-hydrogen) atoms. The minimum absolute atomic E-state index is 0.0895. The van der Waals surface area contributed by atoms with Crippen LogP contribution in [0, 0.1) is 0 Å². The lowest BCUT2D eigenvalue weighted by molar-refractivity contribution is 0.101. The van der Waals surface area contributed by atoms with Crippen LogP contribution in [0.1, 0.15) is 23.7 Å². The summed E-state index contributed by atoms with van der Waals surface area (Å²) >= 11 is 0. The van der Waals surface area contributed by atoms with Crippen molar-refractivity contribution in [3.05, 3.63) is 42.5 Å². The van der Waals surface area contributed by atoms with Crippen molar-refractivity contribution < 1.29 is 4.79 Å². The molecule has 1 aromatic carbocycles. The molecule has 74 valence electrons. The highest BCUT2D eigenvalue weighted by Crippen LogP contribution is 2.15. The Morgan fingerprint density at radius 2 is 2.21 bits per heavy atom. The molecule has 1 N–H and O–H groups in total. The maximum Gasteiger partial charge on any atom is 0.161 e. The fraction of sp³-hybridized carbons (Fsp3) is 0.250. The molecular formula is C12H15NO. The van der Waals surface area contributed by atoms with Crippen LogP contribution in [0.4, 0.5) is 5.69 Å². The third-order valence-electron chi connectivity index (χ3n) is 1.97. The zero-order valence-electron chi connectivity index (χ0n) is 8.42. The largest absolute Gasteiger partial charge is 0.384 e. The topological polar surface area (TPSA) is 29.1 Å². The monoisotopic (exact) mass is 189 g/mol. The minimum Gasteiger partial charge on any atom is -0.384 e. The van der Waals surface area contributed by atoms with E-state index in [4.69, 9.17) is 0 Å². The van der Waals surface area contributed by atoms with Crippen LogP contribution in [0.15, 0.2) is 36.9 Å². The summed E-state index contributed by atoms with van der Waals surface area (Å²) in [4.78, 5) is 11.2. The van der Waals surface area contributed by atoms with E-state index in [0.29, 0.717) is 0 Å². The summed E-state index contributed by atoms with van der Waals surface area (Å²) in [5, 5.41) is 3.20. The Labute approximate surface area is 84.6 Å². The minimum atomic E-state index is 0.0895. The second-order valence-electron chi connectivity index (χ2n) is 3.11. The summed E-state index contributed by atoms with van der Waals surface area (Å²) in [5.74, 6) is 0.0895.